The van der Waals surface area contributed by atoms with Crippen LogP contribution in [0.2, 0.25) is 0 Å². The van der Waals surface area contributed by atoms with E-state index in [2.05, 4.69) is 31.2 Å². The molecule has 0 bridgehead atoms. The predicted octanol–water partition coefficient (Wildman–Crippen LogP) is 4.99. The van der Waals surface area contributed by atoms with Crippen molar-refractivity contribution in [3.05, 3.63) is 41.0 Å². The number of aryl methyl sites for hydroxylation is 1. The van der Waals surface area contributed by atoms with Gasteiger partial charge in [0.1, 0.15) is 0 Å². The van der Waals surface area contributed by atoms with E-state index in [1.807, 2.05) is 0 Å². The molecule has 90 valence electrons. The van der Waals surface area contributed by atoms with E-state index in [1.165, 1.54) is 44.9 Å². The topological polar surface area (TPSA) is 0 Å². The van der Waals surface area contributed by atoms with Crippen molar-refractivity contribution in [2.24, 2.45) is 5.92 Å². The summed E-state index contributed by atoms with van der Waals surface area (Å²) >= 11 is 0. The van der Waals surface area contributed by atoms with Crippen LogP contribution in [-0.2, 0) is 6.42 Å². The fourth-order valence-electron chi connectivity index (χ4n) is 3.65. The Labute approximate surface area is 105 Å². The highest BCUT2D eigenvalue weighted by molar-refractivity contribution is 5.73. The van der Waals surface area contributed by atoms with Crippen LogP contribution in [0.25, 0.3) is 5.57 Å². The highest BCUT2D eigenvalue weighted by Crippen LogP contribution is 2.42. The molecule has 1 unspecified atom stereocenters. The molecule has 0 radical (unpaired) electrons. The van der Waals surface area contributed by atoms with E-state index in [0.717, 1.165) is 5.92 Å². The molecule has 0 heterocycles. The van der Waals surface area contributed by atoms with Crippen LogP contribution in [0.1, 0.15) is 56.6 Å². The molecule has 0 N–H and O–H groups in total. The van der Waals surface area contributed by atoms with Crippen molar-refractivity contribution >= 4 is 5.57 Å². The molecule has 0 amide bonds. The highest BCUT2D eigenvalue weighted by atomic mass is 14.3. The molecule has 0 saturated carbocycles. The van der Waals surface area contributed by atoms with Crippen molar-refractivity contribution in [3.8, 4) is 0 Å². The van der Waals surface area contributed by atoms with Gasteiger partial charge in [0, 0.05) is 0 Å². The monoisotopic (exact) mass is 226 g/mol. The number of benzene rings is 1. The Kier molecular flexibility index (Phi) is 3.05. The molecule has 0 saturated heterocycles. The zero-order valence-corrected chi connectivity index (χ0v) is 10.8. The number of allylic oxidation sites excluding steroid dienone is 2. The average Bonchev–Trinajstić information content (AvgIpc) is 2.39. The minimum Gasteiger partial charge on any atom is -0.0658 e. The Morgan fingerprint density at radius 1 is 1.12 bits per heavy atom. The molecule has 0 fully saturated rings. The molecule has 2 aliphatic rings. The van der Waals surface area contributed by atoms with Gasteiger partial charge >= 0.3 is 0 Å². The first-order valence-corrected chi connectivity index (χ1v) is 7.17. The molecule has 1 atom stereocenters. The van der Waals surface area contributed by atoms with Crippen LogP contribution in [-0.4, -0.2) is 0 Å². The first-order chi connectivity index (χ1) is 8.38. The number of fused-ring (bicyclic) bond motifs is 2. The van der Waals surface area contributed by atoms with Gasteiger partial charge in [0.25, 0.3) is 0 Å². The molecule has 0 nitrogen and oxygen atoms in total. The van der Waals surface area contributed by atoms with Crippen LogP contribution in [0.4, 0.5) is 0 Å². The van der Waals surface area contributed by atoms with Crippen molar-refractivity contribution in [2.45, 2.75) is 51.9 Å². The van der Waals surface area contributed by atoms with Crippen LogP contribution in [0, 0.1) is 5.92 Å². The molecular weight excluding hydrogens is 204 g/mol. The van der Waals surface area contributed by atoms with Gasteiger partial charge in [-0.05, 0) is 54.7 Å². The normalized spacial score (nSPS) is 23.2. The number of hydrogen-bond donors (Lipinski definition) is 0. The fourth-order valence-corrected chi connectivity index (χ4v) is 3.65. The zero-order chi connectivity index (χ0) is 11.7. The van der Waals surface area contributed by atoms with Crippen LogP contribution in [0.15, 0.2) is 29.8 Å². The van der Waals surface area contributed by atoms with E-state index in [0.29, 0.717) is 0 Å². The largest absolute Gasteiger partial charge is 0.0658 e. The van der Waals surface area contributed by atoms with E-state index < -0.39 is 0 Å². The molecule has 2 aliphatic carbocycles. The Bertz CT molecular complexity index is 439. The van der Waals surface area contributed by atoms with E-state index in [-0.39, 0.29) is 0 Å². The highest BCUT2D eigenvalue weighted by Gasteiger charge is 2.25. The second-order valence-corrected chi connectivity index (χ2v) is 5.64. The van der Waals surface area contributed by atoms with Crippen LogP contribution in [0.5, 0.6) is 0 Å². The average molecular weight is 226 g/mol. The summed E-state index contributed by atoms with van der Waals surface area (Å²) in [5.41, 5.74) is 6.65. The SMILES string of the molecule is CCCC1CCC2=C(CCc3ccccc32)C1. The molecule has 0 heteroatoms. The third-order valence-electron chi connectivity index (χ3n) is 4.50. The lowest BCUT2D eigenvalue weighted by Gasteiger charge is -2.31. The van der Waals surface area contributed by atoms with Gasteiger partial charge in [0.15, 0.2) is 0 Å². The summed E-state index contributed by atoms with van der Waals surface area (Å²) in [6, 6.07) is 9.04. The Hall–Kier alpha value is -1.04. The third kappa shape index (κ3) is 2.06. The maximum Gasteiger partial charge on any atom is -0.0193 e. The summed E-state index contributed by atoms with van der Waals surface area (Å²) in [5.74, 6) is 0.976. The first kappa shape index (κ1) is 11.1. The smallest absolute Gasteiger partial charge is 0.0193 e. The maximum atomic E-state index is 2.34. The van der Waals surface area contributed by atoms with Gasteiger partial charge in [0.2, 0.25) is 0 Å². The van der Waals surface area contributed by atoms with Crippen LogP contribution in [0.3, 0.4) is 0 Å². The Morgan fingerprint density at radius 2 is 2.00 bits per heavy atom. The van der Waals surface area contributed by atoms with E-state index in [1.54, 1.807) is 22.3 Å². The third-order valence-corrected chi connectivity index (χ3v) is 4.50. The molecule has 3 rings (SSSR count). The van der Waals surface area contributed by atoms with Gasteiger partial charge in [-0.15, -0.1) is 0 Å². The second-order valence-electron chi connectivity index (χ2n) is 5.64. The minimum atomic E-state index is 0.976. The zero-order valence-electron chi connectivity index (χ0n) is 10.8. The maximum absolute atomic E-state index is 2.34. The molecule has 1 aromatic rings. The van der Waals surface area contributed by atoms with Crippen molar-refractivity contribution < 1.29 is 0 Å². The van der Waals surface area contributed by atoms with Gasteiger partial charge in [-0.2, -0.15) is 0 Å². The molecular formula is C17H22. The molecule has 17 heavy (non-hydrogen) atoms. The summed E-state index contributed by atoms with van der Waals surface area (Å²) in [7, 11) is 0. The first-order valence-electron chi connectivity index (χ1n) is 7.17. The summed E-state index contributed by atoms with van der Waals surface area (Å²) in [5, 5.41) is 0. The van der Waals surface area contributed by atoms with Gasteiger partial charge < -0.3 is 0 Å². The lowest BCUT2D eigenvalue weighted by atomic mass is 9.74. The molecule has 0 aromatic heterocycles. The lowest BCUT2D eigenvalue weighted by Crippen LogP contribution is -2.14. The summed E-state index contributed by atoms with van der Waals surface area (Å²) < 4.78 is 0. The van der Waals surface area contributed by atoms with Gasteiger partial charge in [-0.3, -0.25) is 0 Å². The quantitative estimate of drug-likeness (QED) is 0.666. The summed E-state index contributed by atoms with van der Waals surface area (Å²) in [4.78, 5) is 0. The van der Waals surface area contributed by atoms with Crippen molar-refractivity contribution in [2.75, 3.05) is 0 Å². The van der Waals surface area contributed by atoms with Gasteiger partial charge in [-0.25, -0.2) is 0 Å². The standard InChI is InChI=1S/C17H22/c1-2-5-13-8-11-17-15(12-13)10-9-14-6-3-4-7-16(14)17/h3-4,6-7,13H,2,5,8-12H2,1H3. The second kappa shape index (κ2) is 4.68. The van der Waals surface area contributed by atoms with Crippen LogP contribution < -0.4 is 0 Å². The van der Waals surface area contributed by atoms with E-state index in [9.17, 15) is 0 Å². The predicted molar refractivity (Wildman–Crippen MR) is 73.9 cm³/mol. The Balaban J connectivity index is 1.90. The van der Waals surface area contributed by atoms with Crippen molar-refractivity contribution in [1.82, 2.24) is 0 Å². The Morgan fingerprint density at radius 3 is 2.88 bits per heavy atom. The molecule has 1 aromatic carbocycles. The van der Waals surface area contributed by atoms with Gasteiger partial charge in [0.05, 0.1) is 0 Å². The number of rotatable bonds is 2. The minimum absolute atomic E-state index is 0.976. The lowest BCUT2D eigenvalue weighted by molar-refractivity contribution is 0.426. The summed E-state index contributed by atoms with van der Waals surface area (Å²) in [6.07, 6.45) is 9.51. The molecule has 0 spiro atoms. The van der Waals surface area contributed by atoms with Crippen molar-refractivity contribution in [1.29, 1.82) is 0 Å². The number of hydrogen-bond acceptors (Lipinski definition) is 0. The van der Waals surface area contributed by atoms with Gasteiger partial charge in [-0.1, -0.05) is 49.6 Å². The van der Waals surface area contributed by atoms with E-state index >= 15 is 0 Å². The molecule has 0 aliphatic heterocycles. The van der Waals surface area contributed by atoms with E-state index in [4.69, 9.17) is 0 Å². The van der Waals surface area contributed by atoms with Crippen LogP contribution >= 0.6 is 0 Å². The fraction of sp³-hybridized carbons (Fsp3) is 0.529. The summed E-state index contributed by atoms with van der Waals surface area (Å²) in [6.45, 7) is 2.32. The van der Waals surface area contributed by atoms with Crippen molar-refractivity contribution in [3.63, 3.8) is 0 Å².